The lowest BCUT2D eigenvalue weighted by atomic mass is 10.1. The number of nitrogens with one attached hydrogen (secondary N) is 1. The monoisotopic (exact) mass is 375 g/mol. The van der Waals surface area contributed by atoms with E-state index in [-0.39, 0.29) is 30.3 Å². The summed E-state index contributed by atoms with van der Waals surface area (Å²) in [5, 5.41) is 3.82. The number of benzene rings is 1. The number of piperazine rings is 1. The van der Waals surface area contributed by atoms with Crippen LogP contribution in [0.3, 0.4) is 0 Å². The zero-order chi connectivity index (χ0) is 15.5. The van der Waals surface area contributed by atoms with Gasteiger partial charge in [0.05, 0.1) is 6.04 Å². The highest BCUT2D eigenvalue weighted by Crippen LogP contribution is 2.15. The minimum absolute atomic E-state index is 0. The Morgan fingerprint density at radius 2 is 1.70 bits per heavy atom. The van der Waals surface area contributed by atoms with E-state index in [1.54, 1.807) is 40.9 Å². The number of amides is 2. The molecule has 23 heavy (non-hydrogen) atoms. The summed E-state index contributed by atoms with van der Waals surface area (Å²) in [7, 11) is 0. The normalized spacial score (nSPS) is 21.0. The zero-order valence-corrected chi connectivity index (χ0v) is 14.9. The van der Waals surface area contributed by atoms with Gasteiger partial charge in [-0.15, -0.1) is 24.2 Å². The van der Waals surface area contributed by atoms with E-state index in [9.17, 15) is 9.59 Å². The highest BCUT2D eigenvalue weighted by Gasteiger charge is 2.30. The van der Waals surface area contributed by atoms with E-state index in [0.717, 1.165) is 11.6 Å². The third-order valence-electron chi connectivity index (χ3n) is 3.98. The van der Waals surface area contributed by atoms with Gasteiger partial charge in [-0.25, -0.2) is 0 Å². The summed E-state index contributed by atoms with van der Waals surface area (Å²) >= 11 is 7.59. The minimum atomic E-state index is -0.0662. The molecule has 3 rings (SSSR count). The smallest absolute Gasteiger partial charge is 0.253 e. The van der Waals surface area contributed by atoms with Crippen LogP contribution in [0.25, 0.3) is 0 Å². The largest absolute Gasteiger partial charge is 0.338 e. The van der Waals surface area contributed by atoms with Gasteiger partial charge in [0.1, 0.15) is 0 Å². The molecule has 2 aliphatic rings. The summed E-state index contributed by atoms with van der Waals surface area (Å²) in [4.78, 5) is 28.4. The maximum Gasteiger partial charge on any atom is 0.253 e. The van der Waals surface area contributed by atoms with E-state index in [2.05, 4.69) is 5.32 Å². The predicted molar refractivity (Wildman–Crippen MR) is 95.4 cm³/mol. The molecule has 0 spiro atoms. The lowest BCUT2D eigenvalue weighted by molar-refractivity contribution is -0.134. The van der Waals surface area contributed by atoms with Gasteiger partial charge in [-0.05, 0) is 24.3 Å². The first-order valence-corrected chi connectivity index (χ1v) is 8.83. The molecule has 0 aromatic heterocycles. The molecular formula is C15H19Cl2N3O2S. The summed E-state index contributed by atoms with van der Waals surface area (Å²) in [6, 6.07) is 6.85. The topological polar surface area (TPSA) is 52.7 Å². The lowest BCUT2D eigenvalue weighted by Gasteiger charge is -2.36. The molecule has 1 unspecified atom stereocenters. The molecule has 0 aliphatic carbocycles. The van der Waals surface area contributed by atoms with Gasteiger partial charge in [0.15, 0.2) is 0 Å². The fourth-order valence-corrected chi connectivity index (χ4v) is 3.74. The van der Waals surface area contributed by atoms with Crippen molar-refractivity contribution >= 4 is 47.6 Å². The highest BCUT2D eigenvalue weighted by molar-refractivity contribution is 7.99. The second kappa shape index (κ2) is 8.24. The van der Waals surface area contributed by atoms with Gasteiger partial charge in [0, 0.05) is 48.4 Å². The maximum atomic E-state index is 12.4. The fourth-order valence-electron chi connectivity index (χ4n) is 2.68. The Kier molecular flexibility index (Phi) is 6.59. The number of hydrogen-bond donors (Lipinski definition) is 1. The molecule has 2 aliphatic heterocycles. The number of rotatable bonds is 2. The van der Waals surface area contributed by atoms with E-state index in [4.69, 9.17) is 11.6 Å². The SMILES string of the molecule is Cl.O=C(c1ccc(Cl)cc1)N1CCN(C(=O)C2CSCN2)CC1. The van der Waals surface area contributed by atoms with Crippen molar-refractivity contribution in [3.63, 3.8) is 0 Å². The molecule has 8 heteroatoms. The van der Waals surface area contributed by atoms with Gasteiger partial charge in [0.25, 0.3) is 5.91 Å². The Balaban J connectivity index is 0.00000192. The molecule has 0 bridgehead atoms. The molecule has 1 atom stereocenters. The van der Waals surface area contributed by atoms with Crippen molar-refractivity contribution in [3.8, 4) is 0 Å². The van der Waals surface area contributed by atoms with Crippen molar-refractivity contribution in [2.45, 2.75) is 6.04 Å². The zero-order valence-electron chi connectivity index (χ0n) is 12.5. The van der Waals surface area contributed by atoms with Crippen LogP contribution < -0.4 is 5.32 Å². The van der Waals surface area contributed by atoms with Crippen LogP contribution in [0, 0.1) is 0 Å². The Labute approximate surface area is 151 Å². The summed E-state index contributed by atoms with van der Waals surface area (Å²) in [5.74, 6) is 1.83. The Bertz CT molecular complexity index is 556. The molecule has 1 N–H and O–H groups in total. The Morgan fingerprint density at radius 1 is 1.09 bits per heavy atom. The molecule has 2 heterocycles. The van der Waals surface area contributed by atoms with Crippen LogP contribution in [0.4, 0.5) is 0 Å². The van der Waals surface area contributed by atoms with Gasteiger partial charge < -0.3 is 9.80 Å². The van der Waals surface area contributed by atoms with Crippen LogP contribution in [0.1, 0.15) is 10.4 Å². The quantitative estimate of drug-likeness (QED) is 0.854. The minimum Gasteiger partial charge on any atom is -0.338 e. The van der Waals surface area contributed by atoms with Crippen LogP contribution in [0.2, 0.25) is 5.02 Å². The predicted octanol–water partition coefficient (Wildman–Crippen LogP) is 1.71. The van der Waals surface area contributed by atoms with E-state index in [0.29, 0.717) is 36.8 Å². The molecule has 0 radical (unpaired) electrons. The van der Waals surface area contributed by atoms with Gasteiger partial charge in [-0.3, -0.25) is 14.9 Å². The number of hydrogen-bond acceptors (Lipinski definition) is 4. The Hall–Kier alpha value is -0.950. The molecule has 126 valence electrons. The molecule has 1 aromatic rings. The van der Waals surface area contributed by atoms with E-state index >= 15 is 0 Å². The van der Waals surface area contributed by atoms with Crippen molar-refractivity contribution in [1.82, 2.24) is 15.1 Å². The number of carbonyl (C=O) groups is 2. The average Bonchev–Trinajstić information content (AvgIpc) is 3.09. The van der Waals surface area contributed by atoms with Gasteiger partial charge >= 0.3 is 0 Å². The van der Waals surface area contributed by atoms with Gasteiger partial charge in [-0.2, -0.15) is 0 Å². The van der Waals surface area contributed by atoms with Crippen molar-refractivity contribution in [3.05, 3.63) is 34.9 Å². The first-order chi connectivity index (χ1) is 10.6. The maximum absolute atomic E-state index is 12.4. The van der Waals surface area contributed by atoms with Crippen molar-refractivity contribution in [2.75, 3.05) is 37.8 Å². The van der Waals surface area contributed by atoms with Gasteiger partial charge in [-0.1, -0.05) is 11.6 Å². The standard InChI is InChI=1S/C15H18ClN3O2S.ClH/c16-12-3-1-11(2-4-12)14(20)18-5-7-19(8-6-18)15(21)13-9-22-10-17-13;/h1-4,13,17H,5-10H2;1H. The van der Waals surface area contributed by atoms with Crippen LogP contribution in [-0.2, 0) is 4.79 Å². The molecule has 0 saturated carbocycles. The summed E-state index contributed by atoms with van der Waals surface area (Å²) in [6.07, 6.45) is 0. The van der Waals surface area contributed by atoms with Crippen LogP contribution in [0.5, 0.6) is 0 Å². The van der Waals surface area contributed by atoms with Crippen molar-refractivity contribution in [1.29, 1.82) is 0 Å². The summed E-state index contributed by atoms with van der Waals surface area (Å²) in [5.41, 5.74) is 0.637. The summed E-state index contributed by atoms with van der Waals surface area (Å²) < 4.78 is 0. The van der Waals surface area contributed by atoms with Crippen molar-refractivity contribution < 1.29 is 9.59 Å². The van der Waals surface area contributed by atoms with Crippen LogP contribution >= 0.6 is 35.8 Å². The lowest BCUT2D eigenvalue weighted by Crippen LogP contribution is -2.54. The van der Waals surface area contributed by atoms with Crippen LogP contribution in [0.15, 0.2) is 24.3 Å². The first-order valence-electron chi connectivity index (χ1n) is 7.30. The number of thioether (sulfide) groups is 1. The first kappa shape index (κ1) is 18.4. The molecule has 5 nitrogen and oxygen atoms in total. The third kappa shape index (κ3) is 4.32. The number of carbonyl (C=O) groups excluding carboxylic acids is 2. The molecular weight excluding hydrogens is 357 g/mol. The molecule has 2 amide bonds. The fraction of sp³-hybridized carbons (Fsp3) is 0.467. The van der Waals surface area contributed by atoms with E-state index < -0.39 is 0 Å². The van der Waals surface area contributed by atoms with E-state index in [1.165, 1.54) is 0 Å². The molecule has 2 saturated heterocycles. The summed E-state index contributed by atoms with van der Waals surface area (Å²) in [6.45, 7) is 2.35. The number of halogens is 2. The molecule has 1 aromatic carbocycles. The van der Waals surface area contributed by atoms with Crippen LogP contribution in [-0.4, -0.2) is 65.5 Å². The third-order valence-corrected chi connectivity index (χ3v) is 5.18. The second-order valence-corrected chi connectivity index (χ2v) is 6.86. The Morgan fingerprint density at radius 3 is 2.26 bits per heavy atom. The van der Waals surface area contributed by atoms with Gasteiger partial charge in [0.2, 0.25) is 5.91 Å². The van der Waals surface area contributed by atoms with Crippen molar-refractivity contribution in [2.24, 2.45) is 0 Å². The average molecular weight is 376 g/mol. The number of nitrogens with zero attached hydrogens (tertiary/aromatic N) is 2. The van der Waals surface area contributed by atoms with E-state index in [1.807, 2.05) is 4.90 Å². The molecule has 2 fully saturated rings. The highest BCUT2D eigenvalue weighted by atomic mass is 35.5. The second-order valence-electron chi connectivity index (χ2n) is 5.40.